The van der Waals surface area contributed by atoms with Crippen LogP contribution in [-0.2, 0) is 5.41 Å². The molecule has 0 heterocycles. The molecule has 0 saturated heterocycles. The van der Waals surface area contributed by atoms with E-state index in [4.69, 9.17) is 0 Å². The van der Waals surface area contributed by atoms with Gasteiger partial charge in [-0.2, -0.15) is 0 Å². The Kier molecular flexibility index (Phi) is 7.59. The van der Waals surface area contributed by atoms with Gasteiger partial charge in [0.2, 0.25) is 0 Å². The van der Waals surface area contributed by atoms with Crippen molar-refractivity contribution in [2.24, 2.45) is 5.92 Å². The second kappa shape index (κ2) is 10.5. The lowest BCUT2D eigenvalue weighted by atomic mass is 9.62. The molecule has 0 atom stereocenters. The van der Waals surface area contributed by atoms with E-state index in [0.717, 1.165) is 35.6 Å². The van der Waals surface area contributed by atoms with Gasteiger partial charge in [0.25, 0.3) is 5.91 Å². The predicted octanol–water partition coefficient (Wildman–Crippen LogP) is 7.91. The van der Waals surface area contributed by atoms with Gasteiger partial charge in [0.05, 0.1) is 0 Å². The molecule has 0 aromatic heterocycles. The summed E-state index contributed by atoms with van der Waals surface area (Å²) in [5.74, 6) is 0.567. The monoisotopic (exact) mass is 496 g/mol. The third-order valence-corrected chi connectivity index (χ3v) is 8.34. The van der Waals surface area contributed by atoms with Gasteiger partial charge >= 0.3 is 0 Å². The maximum absolute atomic E-state index is 13.0. The molecule has 2 N–H and O–H groups in total. The van der Waals surface area contributed by atoms with E-state index in [1.165, 1.54) is 47.7 Å². The Hall–Kier alpha value is -3.40. The number of benzene rings is 3. The summed E-state index contributed by atoms with van der Waals surface area (Å²) in [6.07, 6.45) is 4.66. The van der Waals surface area contributed by atoms with Gasteiger partial charge in [-0.3, -0.25) is 9.59 Å². The standard InChI is InChI=1S/C33H40N2O2/c1-20-12-14-33(15-13-20,28-16-21(2)30(34-7)22(3)17-28)29-18-23(4)31(24(5)19-29)35-32(37)27-10-8-26(9-11-27)25(6)36/h8-11,16-20,34H,12-15H2,1-7H3,(H,35,37). The first kappa shape index (κ1) is 26.7. The first-order valence-corrected chi connectivity index (χ1v) is 13.4. The molecule has 1 aliphatic rings. The van der Waals surface area contributed by atoms with Crippen molar-refractivity contribution < 1.29 is 9.59 Å². The van der Waals surface area contributed by atoms with Crippen LogP contribution in [0.25, 0.3) is 0 Å². The fourth-order valence-corrected chi connectivity index (χ4v) is 6.11. The van der Waals surface area contributed by atoms with Crippen LogP contribution in [0.4, 0.5) is 11.4 Å². The molecule has 194 valence electrons. The zero-order valence-corrected chi connectivity index (χ0v) is 23.3. The van der Waals surface area contributed by atoms with Crippen molar-refractivity contribution in [1.82, 2.24) is 0 Å². The number of aryl methyl sites for hydroxylation is 4. The van der Waals surface area contributed by atoms with E-state index in [2.05, 4.69) is 69.5 Å². The Bertz CT molecular complexity index is 1280. The lowest BCUT2D eigenvalue weighted by molar-refractivity contribution is 0.100. The third kappa shape index (κ3) is 5.20. The summed E-state index contributed by atoms with van der Waals surface area (Å²) >= 11 is 0. The van der Waals surface area contributed by atoms with Gasteiger partial charge in [-0.15, -0.1) is 0 Å². The van der Waals surface area contributed by atoms with Crippen LogP contribution in [0.5, 0.6) is 0 Å². The lowest BCUT2D eigenvalue weighted by Gasteiger charge is -2.42. The number of carbonyl (C=O) groups is 2. The molecule has 0 spiro atoms. The summed E-state index contributed by atoms with van der Waals surface area (Å²) in [4.78, 5) is 24.6. The first-order valence-electron chi connectivity index (χ1n) is 13.4. The maximum atomic E-state index is 13.0. The van der Waals surface area contributed by atoms with Crippen molar-refractivity contribution in [3.63, 3.8) is 0 Å². The zero-order valence-electron chi connectivity index (χ0n) is 23.3. The molecule has 0 bridgehead atoms. The number of anilines is 2. The highest BCUT2D eigenvalue weighted by molar-refractivity contribution is 6.05. The summed E-state index contributed by atoms with van der Waals surface area (Å²) < 4.78 is 0. The van der Waals surface area contributed by atoms with Crippen LogP contribution in [-0.4, -0.2) is 18.7 Å². The van der Waals surface area contributed by atoms with Crippen molar-refractivity contribution in [3.05, 3.63) is 93.0 Å². The van der Waals surface area contributed by atoms with E-state index in [9.17, 15) is 9.59 Å². The molecular weight excluding hydrogens is 456 g/mol. The molecule has 4 nitrogen and oxygen atoms in total. The molecule has 1 aliphatic carbocycles. The minimum absolute atomic E-state index is 0.00810. The van der Waals surface area contributed by atoms with E-state index in [0.29, 0.717) is 11.1 Å². The molecule has 0 unspecified atom stereocenters. The molecule has 3 aromatic carbocycles. The topological polar surface area (TPSA) is 58.2 Å². The number of ketones is 1. The SMILES string of the molecule is CNc1c(C)cc(C2(c3cc(C)c(NC(=O)c4ccc(C(C)=O)cc4)c(C)c3)CCC(C)CC2)cc1C. The number of carbonyl (C=O) groups excluding carboxylic acids is 2. The van der Waals surface area contributed by atoms with Gasteiger partial charge < -0.3 is 10.6 Å². The maximum Gasteiger partial charge on any atom is 0.255 e. The quantitative estimate of drug-likeness (QED) is 0.341. The molecule has 3 aromatic rings. The Labute approximate surface area is 221 Å². The Morgan fingerprint density at radius 3 is 1.62 bits per heavy atom. The van der Waals surface area contributed by atoms with Crippen molar-refractivity contribution in [2.45, 2.75) is 72.6 Å². The molecule has 4 rings (SSSR count). The highest BCUT2D eigenvalue weighted by Crippen LogP contribution is 2.48. The molecule has 0 aliphatic heterocycles. The average Bonchev–Trinajstić information content (AvgIpc) is 2.86. The molecule has 0 radical (unpaired) electrons. The van der Waals surface area contributed by atoms with Gasteiger partial charge in [-0.25, -0.2) is 0 Å². The van der Waals surface area contributed by atoms with Crippen LogP contribution in [0.2, 0.25) is 0 Å². The minimum Gasteiger partial charge on any atom is -0.388 e. The predicted molar refractivity (Wildman–Crippen MR) is 154 cm³/mol. The van der Waals surface area contributed by atoms with Crippen molar-refractivity contribution in [3.8, 4) is 0 Å². The van der Waals surface area contributed by atoms with E-state index >= 15 is 0 Å². The molecule has 1 saturated carbocycles. The third-order valence-electron chi connectivity index (χ3n) is 8.34. The fraction of sp³-hybridized carbons (Fsp3) is 0.394. The van der Waals surface area contributed by atoms with E-state index < -0.39 is 0 Å². The molecule has 37 heavy (non-hydrogen) atoms. The van der Waals surface area contributed by atoms with Gasteiger partial charge in [0.15, 0.2) is 5.78 Å². The van der Waals surface area contributed by atoms with E-state index in [1.54, 1.807) is 24.3 Å². The van der Waals surface area contributed by atoms with Crippen LogP contribution in [0, 0.1) is 33.6 Å². The van der Waals surface area contributed by atoms with E-state index in [1.807, 2.05) is 7.05 Å². The van der Waals surface area contributed by atoms with Gasteiger partial charge in [0.1, 0.15) is 0 Å². The van der Waals surface area contributed by atoms with Crippen molar-refractivity contribution in [2.75, 3.05) is 17.7 Å². The smallest absolute Gasteiger partial charge is 0.255 e. The number of amides is 1. The second-order valence-electron chi connectivity index (χ2n) is 11.1. The molecule has 1 amide bonds. The summed E-state index contributed by atoms with van der Waals surface area (Å²) in [6, 6.07) is 16.2. The largest absolute Gasteiger partial charge is 0.388 e. The van der Waals surface area contributed by atoms with Crippen LogP contribution in [0.1, 0.15) is 93.6 Å². The molecule has 4 heteroatoms. The second-order valence-corrected chi connectivity index (χ2v) is 11.1. The van der Waals surface area contributed by atoms with Crippen molar-refractivity contribution >= 4 is 23.1 Å². The Morgan fingerprint density at radius 1 is 0.757 bits per heavy atom. The zero-order chi connectivity index (χ0) is 26.9. The number of Topliss-reactive ketones (excluding diaryl/α,β-unsaturated/α-hetero) is 1. The number of nitrogens with one attached hydrogen (secondary N) is 2. The Balaban J connectivity index is 1.72. The normalized spacial score (nSPS) is 19.4. The highest BCUT2D eigenvalue weighted by Gasteiger charge is 2.38. The average molecular weight is 497 g/mol. The molecular formula is C33H40N2O2. The lowest BCUT2D eigenvalue weighted by Crippen LogP contribution is -2.33. The summed E-state index contributed by atoms with van der Waals surface area (Å²) in [7, 11) is 1.99. The van der Waals surface area contributed by atoms with E-state index in [-0.39, 0.29) is 17.1 Å². The Morgan fingerprint density at radius 2 is 1.19 bits per heavy atom. The van der Waals surface area contributed by atoms with Crippen LogP contribution in [0.15, 0.2) is 48.5 Å². The van der Waals surface area contributed by atoms with Crippen LogP contribution in [0.3, 0.4) is 0 Å². The summed E-state index contributed by atoms with van der Waals surface area (Å²) in [5, 5.41) is 6.50. The summed E-state index contributed by atoms with van der Waals surface area (Å²) in [6.45, 7) is 12.5. The summed E-state index contributed by atoms with van der Waals surface area (Å²) in [5.41, 5.74) is 10.6. The fourth-order valence-electron chi connectivity index (χ4n) is 6.11. The van der Waals surface area contributed by atoms with Gasteiger partial charge in [-0.05, 0) is 112 Å². The molecule has 1 fully saturated rings. The van der Waals surface area contributed by atoms with Crippen LogP contribution < -0.4 is 10.6 Å². The van der Waals surface area contributed by atoms with Gasteiger partial charge in [-0.1, -0.05) is 43.3 Å². The van der Waals surface area contributed by atoms with Crippen molar-refractivity contribution in [1.29, 1.82) is 0 Å². The number of rotatable bonds is 6. The number of hydrogen-bond acceptors (Lipinski definition) is 3. The first-order chi connectivity index (χ1) is 17.6. The van der Waals surface area contributed by atoms with Gasteiger partial charge in [0, 0.05) is 35.0 Å². The van der Waals surface area contributed by atoms with Crippen LogP contribution >= 0.6 is 0 Å². The minimum atomic E-state index is -0.163. The number of hydrogen-bond donors (Lipinski definition) is 2. The highest BCUT2D eigenvalue weighted by atomic mass is 16.1.